The molecule has 2 unspecified atom stereocenters. The van der Waals surface area contributed by atoms with Crippen LogP contribution in [0.2, 0.25) is 0 Å². The Morgan fingerprint density at radius 3 is 2.43 bits per heavy atom. The van der Waals surface area contributed by atoms with Crippen LogP contribution in [0.1, 0.15) is 43.2 Å². The van der Waals surface area contributed by atoms with Gasteiger partial charge >= 0.3 is 0 Å². The molecule has 0 fully saturated rings. The fraction of sp³-hybridized carbons (Fsp3) is 0.273. The van der Waals surface area contributed by atoms with Gasteiger partial charge in [-0.25, -0.2) is 0 Å². The Hall–Kier alpha value is -2.28. The van der Waals surface area contributed by atoms with Crippen LogP contribution in [0.4, 0.5) is 5.69 Å². The summed E-state index contributed by atoms with van der Waals surface area (Å²) in [5, 5.41) is 0. The molecule has 0 saturated carbocycles. The SMILES string of the molecule is C=C(CCC)C1CC=C(c2ccccc2)C1c1ccc(N)cc1. The molecule has 0 radical (unpaired) electrons. The van der Waals surface area contributed by atoms with Crippen LogP contribution >= 0.6 is 0 Å². The van der Waals surface area contributed by atoms with Gasteiger partial charge in [-0.2, -0.15) is 0 Å². The molecule has 2 N–H and O–H groups in total. The van der Waals surface area contributed by atoms with E-state index >= 15 is 0 Å². The zero-order valence-corrected chi connectivity index (χ0v) is 13.8. The van der Waals surface area contributed by atoms with Gasteiger partial charge in [-0.1, -0.05) is 74.0 Å². The maximum atomic E-state index is 5.88. The molecule has 1 aliphatic rings. The minimum Gasteiger partial charge on any atom is -0.399 e. The van der Waals surface area contributed by atoms with Gasteiger partial charge in [0.05, 0.1) is 0 Å². The summed E-state index contributed by atoms with van der Waals surface area (Å²) in [4.78, 5) is 0. The Bertz CT molecular complexity index is 695. The van der Waals surface area contributed by atoms with Crippen LogP contribution in [-0.4, -0.2) is 0 Å². The summed E-state index contributed by atoms with van der Waals surface area (Å²) in [5.41, 5.74) is 12.2. The van der Waals surface area contributed by atoms with Crippen molar-refractivity contribution in [2.75, 3.05) is 5.73 Å². The number of hydrogen-bond acceptors (Lipinski definition) is 1. The second kappa shape index (κ2) is 6.87. The van der Waals surface area contributed by atoms with Crippen LogP contribution in [0.25, 0.3) is 5.57 Å². The summed E-state index contributed by atoms with van der Waals surface area (Å²) in [6, 6.07) is 19.1. The number of nitrogen functional groups attached to an aromatic ring is 1. The molecular weight excluding hydrogens is 278 g/mol. The van der Waals surface area contributed by atoms with Gasteiger partial charge in [-0.3, -0.25) is 0 Å². The standard InChI is InChI=1S/C22H25N/c1-3-7-16(2)20-14-15-21(17-8-5-4-6-9-17)22(20)18-10-12-19(23)13-11-18/h4-6,8-13,15,20,22H,2-3,7,14,23H2,1H3. The first-order chi connectivity index (χ1) is 11.2. The van der Waals surface area contributed by atoms with Crippen LogP contribution in [-0.2, 0) is 0 Å². The smallest absolute Gasteiger partial charge is 0.0314 e. The molecule has 23 heavy (non-hydrogen) atoms. The molecule has 1 nitrogen and oxygen atoms in total. The second-order valence-corrected chi connectivity index (χ2v) is 6.42. The molecule has 1 heteroatoms. The van der Waals surface area contributed by atoms with Crippen LogP contribution < -0.4 is 5.73 Å². The van der Waals surface area contributed by atoms with Crippen LogP contribution in [0.5, 0.6) is 0 Å². The van der Waals surface area contributed by atoms with Crippen LogP contribution in [0.3, 0.4) is 0 Å². The highest BCUT2D eigenvalue weighted by molar-refractivity contribution is 5.75. The first-order valence-electron chi connectivity index (χ1n) is 8.49. The zero-order valence-electron chi connectivity index (χ0n) is 13.8. The fourth-order valence-corrected chi connectivity index (χ4v) is 3.69. The summed E-state index contributed by atoms with van der Waals surface area (Å²) in [6.45, 7) is 6.62. The van der Waals surface area contributed by atoms with Crippen molar-refractivity contribution in [1.82, 2.24) is 0 Å². The van der Waals surface area contributed by atoms with Gasteiger partial charge in [0.1, 0.15) is 0 Å². The molecule has 0 amide bonds. The van der Waals surface area contributed by atoms with Crippen LogP contribution in [0.15, 0.2) is 72.8 Å². The van der Waals surface area contributed by atoms with E-state index < -0.39 is 0 Å². The van der Waals surface area contributed by atoms with E-state index in [0.29, 0.717) is 11.8 Å². The number of nitrogens with two attached hydrogens (primary N) is 1. The summed E-state index contributed by atoms with van der Waals surface area (Å²) in [6.07, 6.45) is 5.75. The van der Waals surface area contributed by atoms with Crippen molar-refractivity contribution in [1.29, 1.82) is 0 Å². The molecule has 3 rings (SSSR count). The first-order valence-corrected chi connectivity index (χ1v) is 8.49. The molecule has 0 aromatic heterocycles. The Balaban J connectivity index is 1.99. The third-order valence-corrected chi connectivity index (χ3v) is 4.83. The number of benzene rings is 2. The van der Waals surface area contributed by atoms with Gasteiger partial charge in [0, 0.05) is 11.6 Å². The van der Waals surface area contributed by atoms with Gasteiger partial charge in [0.15, 0.2) is 0 Å². The fourth-order valence-electron chi connectivity index (χ4n) is 3.69. The van der Waals surface area contributed by atoms with Gasteiger partial charge in [0.2, 0.25) is 0 Å². The predicted molar refractivity (Wildman–Crippen MR) is 100 cm³/mol. The molecule has 0 spiro atoms. The molecule has 2 atom stereocenters. The van der Waals surface area contributed by atoms with Crippen LogP contribution in [0, 0.1) is 5.92 Å². The van der Waals surface area contributed by atoms with Crippen molar-refractivity contribution in [2.45, 2.75) is 32.1 Å². The quantitative estimate of drug-likeness (QED) is 0.547. The third-order valence-electron chi connectivity index (χ3n) is 4.83. The molecule has 118 valence electrons. The number of anilines is 1. The second-order valence-electron chi connectivity index (χ2n) is 6.42. The summed E-state index contributed by atoms with van der Waals surface area (Å²) < 4.78 is 0. The summed E-state index contributed by atoms with van der Waals surface area (Å²) in [7, 11) is 0. The van der Waals surface area contributed by atoms with Crippen molar-refractivity contribution < 1.29 is 0 Å². The van der Waals surface area contributed by atoms with Gasteiger partial charge in [-0.15, -0.1) is 0 Å². The van der Waals surface area contributed by atoms with E-state index in [2.05, 4.69) is 62.0 Å². The average Bonchev–Trinajstić information content (AvgIpc) is 3.01. The monoisotopic (exact) mass is 303 g/mol. The lowest BCUT2D eigenvalue weighted by Gasteiger charge is -2.26. The van der Waals surface area contributed by atoms with Gasteiger partial charge in [-0.05, 0) is 47.6 Å². The largest absolute Gasteiger partial charge is 0.399 e. The van der Waals surface area contributed by atoms with Crippen molar-refractivity contribution in [2.24, 2.45) is 5.92 Å². The molecule has 2 aromatic rings. The van der Waals surface area contributed by atoms with E-state index in [9.17, 15) is 0 Å². The molecule has 0 aliphatic heterocycles. The molecule has 0 saturated heterocycles. The zero-order chi connectivity index (χ0) is 16.2. The molecule has 0 bridgehead atoms. The molecule has 0 heterocycles. The maximum absolute atomic E-state index is 5.88. The van der Waals surface area contributed by atoms with Gasteiger partial charge in [0.25, 0.3) is 0 Å². The van der Waals surface area contributed by atoms with Crippen molar-refractivity contribution >= 4 is 11.3 Å². The van der Waals surface area contributed by atoms with E-state index in [-0.39, 0.29) is 0 Å². The van der Waals surface area contributed by atoms with Gasteiger partial charge < -0.3 is 5.73 Å². The highest BCUT2D eigenvalue weighted by atomic mass is 14.5. The summed E-state index contributed by atoms with van der Waals surface area (Å²) >= 11 is 0. The Labute approximate surface area is 139 Å². The Morgan fingerprint density at radius 2 is 1.78 bits per heavy atom. The number of rotatable bonds is 5. The highest BCUT2D eigenvalue weighted by Gasteiger charge is 2.32. The topological polar surface area (TPSA) is 26.0 Å². The molecule has 2 aromatic carbocycles. The molecule has 1 aliphatic carbocycles. The van der Waals surface area contributed by atoms with Crippen molar-refractivity contribution in [3.63, 3.8) is 0 Å². The lowest BCUT2D eigenvalue weighted by atomic mass is 9.78. The average molecular weight is 303 g/mol. The lowest BCUT2D eigenvalue weighted by molar-refractivity contribution is 0.574. The van der Waals surface area contributed by atoms with Crippen molar-refractivity contribution in [3.05, 3.63) is 84.0 Å². The molecular formula is C22H25N. The Morgan fingerprint density at radius 1 is 1.09 bits per heavy atom. The van der Waals surface area contributed by atoms with Crippen molar-refractivity contribution in [3.8, 4) is 0 Å². The lowest BCUT2D eigenvalue weighted by Crippen LogP contribution is -2.12. The predicted octanol–water partition coefficient (Wildman–Crippen LogP) is 5.81. The van der Waals surface area contributed by atoms with E-state index in [0.717, 1.165) is 24.9 Å². The summed E-state index contributed by atoms with van der Waals surface area (Å²) in [5.74, 6) is 0.880. The highest BCUT2D eigenvalue weighted by Crippen LogP contribution is 2.48. The number of hydrogen-bond donors (Lipinski definition) is 1. The maximum Gasteiger partial charge on any atom is 0.0314 e. The third kappa shape index (κ3) is 3.24. The normalized spacial score (nSPS) is 20.3. The van der Waals surface area contributed by atoms with E-state index in [4.69, 9.17) is 5.73 Å². The number of allylic oxidation sites excluding steroid dienone is 3. The minimum absolute atomic E-state index is 0.386. The minimum atomic E-state index is 0.386. The Kier molecular flexibility index (Phi) is 4.66. The first kappa shape index (κ1) is 15.6. The van der Waals surface area contributed by atoms with E-state index in [1.54, 1.807) is 0 Å². The van der Waals surface area contributed by atoms with E-state index in [1.165, 1.54) is 22.3 Å². The van der Waals surface area contributed by atoms with E-state index in [1.807, 2.05) is 12.1 Å².